The maximum absolute atomic E-state index is 12.8. The van der Waals surface area contributed by atoms with E-state index in [9.17, 15) is 30.0 Å². The van der Waals surface area contributed by atoms with Crippen molar-refractivity contribution in [2.24, 2.45) is 0 Å². The fraction of sp³-hybridized carbons (Fsp3) is 0.957. The quantitative estimate of drug-likeness (QED) is 0.0347. The van der Waals surface area contributed by atoms with Crippen LogP contribution in [0.15, 0.2) is 0 Å². The highest BCUT2D eigenvalue weighted by molar-refractivity contribution is 5.70. The summed E-state index contributed by atoms with van der Waals surface area (Å²) in [6.45, 7) is 3.47. The first kappa shape index (κ1) is 53.7. The van der Waals surface area contributed by atoms with E-state index in [1.54, 1.807) is 0 Å². The first-order valence-corrected chi connectivity index (χ1v) is 24.1. The van der Waals surface area contributed by atoms with E-state index in [1.165, 1.54) is 161 Å². The second-order valence-electron chi connectivity index (χ2n) is 16.9. The molecule has 6 atom stereocenters. The minimum absolute atomic E-state index is 0.209. The summed E-state index contributed by atoms with van der Waals surface area (Å²) in [5.74, 6) is -0.788. The molecule has 1 fully saturated rings. The predicted octanol–water partition coefficient (Wildman–Crippen LogP) is 10.6. The lowest BCUT2D eigenvalue weighted by Crippen LogP contribution is -2.59. The largest absolute Gasteiger partial charge is 0.462 e. The first-order chi connectivity index (χ1) is 27.8. The number of carbonyl (C=O) groups excluding carboxylic acids is 2. The standard InChI is InChI=1S/C47H90O10/c1-3-5-7-9-11-13-15-17-19-21-23-25-27-29-31-33-35-42(49)54-38-40(39-55-47-46(53)45(52)44(51)41(37-48)57-47)56-43(50)36-34-32-30-28-26-24-22-20-18-16-14-12-10-8-6-4-2/h40-41,44-48,51-53H,3-39H2,1-2H3/t40?,41-,44+,45+,46-,47-/m1/s1. The maximum atomic E-state index is 12.8. The molecule has 1 saturated heterocycles. The Bertz CT molecular complexity index is 901. The Morgan fingerprint density at radius 1 is 0.474 bits per heavy atom. The molecule has 1 unspecified atom stereocenters. The molecule has 0 saturated carbocycles. The minimum Gasteiger partial charge on any atom is -0.462 e. The zero-order chi connectivity index (χ0) is 41.6. The van der Waals surface area contributed by atoms with Crippen LogP contribution in [0.2, 0.25) is 0 Å². The molecule has 1 aliphatic rings. The van der Waals surface area contributed by atoms with E-state index in [2.05, 4.69) is 13.8 Å². The van der Waals surface area contributed by atoms with Crippen molar-refractivity contribution in [2.75, 3.05) is 19.8 Å². The third kappa shape index (κ3) is 30.4. The van der Waals surface area contributed by atoms with Crippen LogP contribution in [0.25, 0.3) is 0 Å². The number of carbonyl (C=O) groups is 2. The molecule has 4 N–H and O–H groups in total. The highest BCUT2D eigenvalue weighted by Crippen LogP contribution is 2.23. The molecule has 338 valence electrons. The van der Waals surface area contributed by atoms with E-state index in [-0.39, 0.29) is 32.0 Å². The zero-order valence-electron chi connectivity index (χ0n) is 36.9. The molecule has 1 aliphatic heterocycles. The lowest BCUT2D eigenvalue weighted by atomic mass is 9.99. The van der Waals surface area contributed by atoms with Crippen LogP contribution in [0.1, 0.15) is 232 Å². The van der Waals surface area contributed by atoms with E-state index >= 15 is 0 Å². The van der Waals surface area contributed by atoms with Crippen molar-refractivity contribution in [1.29, 1.82) is 0 Å². The topological polar surface area (TPSA) is 152 Å². The highest BCUT2D eigenvalue weighted by Gasteiger charge is 2.44. The summed E-state index contributed by atoms with van der Waals surface area (Å²) in [7, 11) is 0. The second-order valence-corrected chi connectivity index (χ2v) is 16.9. The van der Waals surface area contributed by atoms with Gasteiger partial charge in [-0.25, -0.2) is 0 Å². The number of unbranched alkanes of at least 4 members (excludes halogenated alkanes) is 30. The predicted molar refractivity (Wildman–Crippen MR) is 229 cm³/mol. The van der Waals surface area contributed by atoms with Crippen LogP contribution in [0, 0.1) is 0 Å². The lowest BCUT2D eigenvalue weighted by Gasteiger charge is -2.39. The third-order valence-corrected chi connectivity index (χ3v) is 11.5. The van der Waals surface area contributed by atoms with Crippen molar-refractivity contribution in [1.82, 2.24) is 0 Å². The Labute approximate surface area is 348 Å². The molecule has 1 rings (SSSR count). The summed E-state index contributed by atoms with van der Waals surface area (Å²) in [5.41, 5.74) is 0. The van der Waals surface area contributed by atoms with Gasteiger partial charge in [-0.3, -0.25) is 9.59 Å². The van der Waals surface area contributed by atoms with Crippen LogP contribution >= 0.6 is 0 Å². The van der Waals surface area contributed by atoms with Crippen LogP contribution in [-0.4, -0.2) is 89.0 Å². The van der Waals surface area contributed by atoms with Crippen LogP contribution in [-0.2, 0) is 28.5 Å². The van der Waals surface area contributed by atoms with Gasteiger partial charge in [0.2, 0.25) is 0 Å². The Morgan fingerprint density at radius 3 is 1.19 bits per heavy atom. The Hall–Kier alpha value is -1.30. The number of hydrogen-bond acceptors (Lipinski definition) is 10. The molecule has 57 heavy (non-hydrogen) atoms. The van der Waals surface area contributed by atoms with Crippen molar-refractivity contribution in [3.05, 3.63) is 0 Å². The van der Waals surface area contributed by atoms with Gasteiger partial charge in [-0.2, -0.15) is 0 Å². The summed E-state index contributed by atoms with van der Waals surface area (Å²) in [6, 6.07) is 0. The van der Waals surface area contributed by atoms with Gasteiger partial charge in [0.05, 0.1) is 13.2 Å². The summed E-state index contributed by atoms with van der Waals surface area (Å²) < 4.78 is 22.2. The van der Waals surface area contributed by atoms with Gasteiger partial charge >= 0.3 is 11.9 Å². The molecule has 0 aliphatic carbocycles. The number of aliphatic hydroxyl groups is 4. The van der Waals surface area contributed by atoms with Crippen molar-refractivity contribution in [3.8, 4) is 0 Å². The Kier molecular flexibility index (Phi) is 36.6. The second kappa shape index (κ2) is 38.9. The maximum Gasteiger partial charge on any atom is 0.306 e. The molecule has 1 heterocycles. The molecule has 0 radical (unpaired) electrons. The SMILES string of the molecule is CCCCCCCCCCCCCCCCCCC(=O)OCC(CO[C@@H]1O[C@H](CO)[C@H](O)[C@H](O)[C@H]1O)OC(=O)CCCCCCCCCCCCCCCCCC. The van der Waals surface area contributed by atoms with Crippen molar-refractivity contribution in [2.45, 2.75) is 269 Å². The highest BCUT2D eigenvalue weighted by atomic mass is 16.7. The van der Waals surface area contributed by atoms with E-state index < -0.39 is 49.4 Å². The van der Waals surface area contributed by atoms with Gasteiger partial charge in [0.25, 0.3) is 0 Å². The van der Waals surface area contributed by atoms with Gasteiger partial charge in [0.15, 0.2) is 12.4 Å². The molecule has 0 bridgehead atoms. The molecule has 0 aromatic heterocycles. The van der Waals surface area contributed by atoms with E-state index in [4.69, 9.17) is 18.9 Å². The number of aliphatic hydroxyl groups excluding tert-OH is 4. The van der Waals surface area contributed by atoms with E-state index in [1.807, 2.05) is 0 Å². The van der Waals surface area contributed by atoms with Gasteiger partial charge < -0.3 is 39.4 Å². The summed E-state index contributed by atoms with van der Waals surface area (Å²) >= 11 is 0. The first-order valence-electron chi connectivity index (χ1n) is 24.1. The van der Waals surface area contributed by atoms with Crippen LogP contribution < -0.4 is 0 Å². The summed E-state index contributed by atoms with van der Waals surface area (Å²) in [6.07, 6.45) is 32.5. The van der Waals surface area contributed by atoms with Crippen LogP contribution in [0.5, 0.6) is 0 Å². The smallest absolute Gasteiger partial charge is 0.306 e. The molecule has 0 aromatic carbocycles. The fourth-order valence-corrected chi connectivity index (χ4v) is 7.66. The lowest BCUT2D eigenvalue weighted by molar-refractivity contribution is -0.305. The summed E-state index contributed by atoms with van der Waals surface area (Å²) in [5, 5.41) is 40.1. The van der Waals surface area contributed by atoms with Gasteiger partial charge in [-0.1, -0.05) is 206 Å². The zero-order valence-corrected chi connectivity index (χ0v) is 36.9. The Morgan fingerprint density at radius 2 is 0.825 bits per heavy atom. The average Bonchev–Trinajstić information content (AvgIpc) is 3.21. The number of ether oxygens (including phenoxy) is 4. The van der Waals surface area contributed by atoms with Crippen LogP contribution in [0.4, 0.5) is 0 Å². The monoisotopic (exact) mass is 815 g/mol. The van der Waals surface area contributed by atoms with Crippen LogP contribution in [0.3, 0.4) is 0 Å². The number of rotatable bonds is 41. The van der Waals surface area contributed by atoms with Crippen molar-refractivity contribution in [3.63, 3.8) is 0 Å². The molecular weight excluding hydrogens is 725 g/mol. The average molecular weight is 815 g/mol. The van der Waals surface area contributed by atoms with Crippen molar-refractivity contribution >= 4 is 11.9 Å². The molecule has 10 heteroatoms. The van der Waals surface area contributed by atoms with Gasteiger partial charge in [0, 0.05) is 12.8 Å². The molecule has 10 nitrogen and oxygen atoms in total. The fourth-order valence-electron chi connectivity index (χ4n) is 7.66. The molecule has 0 amide bonds. The normalized spacial score (nSPS) is 20.1. The van der Waals surface area contributed by atoms with E-state index in [0.717, 1.165) is 38.5 Å². The van der Waals surface area contributed by atoms with Gasteiger partial charge in [-0.05, 0) is 12.8 Å². The molecule has 0 aromatic rings. The number of hydrogen-bond donors (Lipinski definition) is 4. The number of esters is 2. The van der Waals surface area contributed by atoms with Gasteiger partial charge in [0.1, 0.15) is 31.0 Å². The molecule has 0 spiro atoms. The Balaban J connectivity index is 2.28. The minimum atomic E-state index is -1.59. The van der Waals surface area contributed by atoms with Crippen molar-refractivity contribution < 1.29 is 49.0 Å². The van der Waals surface area contributed by atoms with Gasteiger partial charge in [-0.15, -0.1) is 0 Å². The third-order valence-electron chi connectivity index (χ3n) is 11.5. The summed E-state index contributed by atoms with van der Waals surface area (Å²) in [4.78, 5) is 25.4. The molecular formula is C47H90O10. The van der Waals surface area contributed by atoms with E-state index in [0.29, 0.717) is 6.42 Å².